The van der Waals surface area contributed by atoms with Crippen molar-refractivity contribution in [3.63, 3.8) is 0 Å². The first-order chi connectivity index (χ1) is 9.78. The predicted molar refractivity (Wildman–Crippen MR) is 89.1 cm³/mol. The SMILES string of the molecule is CCC1CCCC[I-]C(C)SCc2cccc(n2)CS1. The first-order valence-corrected chi connectivity index (χ1v) is 12.4. The molecule has 1 nitrogen and oxygen atoms in total. The van der Waals surface area contributed by atoms with Gasteiger partial charge in [-0.2, -0.15) is 0 Å². The van der Waals surface area contributed by atoms with Crippen LogP contribution in [0.15, 0.2) is 18.2 Å². The number of halogens is 1. The molecule has 0 amide bonds. The third-order valence-corrected chi connectivity index (χ3v) is 10.5. The molecule has 1 aliphatic rings. The summed E-state index contributed by atoms with van der Waals surface area (Å²) >= 11 is 4.58. The van der Waals surface area contributed by atoms with E-state index in [4.69, 9.17) is 4.98 Å². The summed E-state index contributed by atoms with van der Waals surface area (Å²) in [5.74, 6) is 2.18. The van der Waals surface area contributed by atoms with Crippen LogP contribution in [-0.4, -0.2) is 17.9 Å². The molecule has 1 aliphatic heterocycles. The van der Waals surface area contributed by atoms with Crippen LogP contribution in [0.4, 0.5) is 0 Å². The van der Waals surface area contributed by atoms with Gasteiger partial charge in [-0.3, -0.25) is 0 Å². The van der Waals surface area contributed by atoms with Gasteiger partial charge in [0.2, 0.25) is 0 Å². The van der Waals surface area contributed by atoms with E-state index in [1.54, 1.807) is 0 Å². The molecule has 2 rings (SSSR count). The van der Waals surface area contributed by atoms with Crippen LogP contribution in [0.3, 0.4) is 0 Å². The molecule has 1 aromatic heterocycles. The summed E-state index contributed by atoms with van der Waals surface area (Å²) < 4.78 is 2.38. The number of thioether (sulfide) groups is 2. The molecule has 0 saturated carbocycles. The van der Waals surface area contributed by atoms with E-state index in [0.717, 1.165) is 20.0 Å². The molecule has 2 bridgehead atoms. The average molecular weight is 422 g/mol. The fourth-order valence-electron chi connectivity index (χ4n) is 2.24. The first kappa shape index (κ1) is 16.9. The molecule has 0 aliphatic carbocycles. The van der Waals surface area contributed by atoms with Crippen LogP contribution >= 0.6 is 23.5 Å². The molecule has 20 heavy (non-hydrogen) atoms. The van der Waals surface area contributed by atoms with Crippen molar-refractivity contribution in [1.29, 1.82) is 0 Å². The van der Waals surface area contributed by atoms with E-state index in [-0.39, 0.29) is 0 Å². The number of aromatic nitrogens is 1. The Morgan fingerprint density at radius 3 is 2.70 bits per heavy atom. The van der Waals surface area contributed by atoms with Gasteiger partial charge in [0.15, 0.2) is 0 Å². The van der Waals surface area contributed by atoms with Gasteiger partial charge in [0.1, 0.15) is 0 Å². The van der Waals surface area contributed by atoms with E-state index in [2.05, 4.69) is 55.6 Å². The van der Waals surface area contributed by atoms with Gasteiger partial charge in [-0.15, -0.1) is 0 Å². The fraction of sp³-hybridized carbons (Fsp3) is 0.688. The number of pyridine rings is 1. The van der Waals surface area contributed by atoms with Crippen molar-refractivity contribution < 1.29 is 21.2 Å². The molecule has 0 aromatic carbocycles. The maximum atomic E-state index is 4.83. The van der Waals surface area contributed by atoms with Gasteiger partial charge >= 0.3 is 143 Å². The van der Waals surface area contributed by atoms with Crippen molar-refractivity contribution >= 4 is 23.5 Å². The second-order valence-corrected chi connectivity index (χ2v) is 12.4. The maximum absolute atomic E-state index is 4.83. The summed E-state index contributed by atoms with van der Waals surface area (Å²) in [7, 11) is 0. The molecule has 2 unspecified atom stereocenters. The van der Waals surface area contributed by atoms with Gasteiger partial charge in [-0.1, -0.05) is 0 Å². The molecule has 0 N–H and O–H groups in total. The Hall–Kier alpha value is 0.580. The number of nitrogens with zero attached hydrogens (tertiary/aromatic N) is 1. The zero-order valence-corrected chi connectivity index (χ0v) is 16.3. The Labute approximate surface area is 142 Å². The summed E-state index contributed by atoms with van der Waals surface area (Å²) in [4.78, 5) is 4.83. The normalized spacial score (nSPS) is 26.3. The van der Waals surface area contributed by atoms with Gasteiger partial charge < -0.3 is 0 Å². The Kier molecular flexibility index (Phi) is 8.10. The molecule has 1 aromatic rings. The van der Waals surface area contributed by atoms with Gasteiger partial charge in [0, 0.05) is 0 Å². The molecule has 2 atom stereocenters. The van der Waals surface area contributed by atoms with E-state index in [1.807, 2.05) is 0 Å². The quantitative estimate of drug-likeness (QED) is 0.507. The molecular formula is C16H25INS2-. The van der Waals surface area contributed by atoms with E-state index in [0.29, 0.717) is 21.2 Å². The topological polar surface area (TPSA) is 12.9 Å². The molecule has 0 fully saturated rings. The van der Waals surface area contributed by atoms with Crippen LogP contribution in [0, 0.1) is 0 Å². The zero-order valence-electron chi connectivity index (χ0n) is 12.5. The zero-order chi connectivity index (χ0) is 14.2. The van der Waals surface area contributed by atoms with E-state index in [9.17, 15) is 0 Å². The first-order valence-electron chi connectivity index (χ1n) is 7.53. The second kappa shape index (κ2) is 9.57. The number of alkyl halides is 2. The van der Waals surface area contributed by atoms with E-state index in [1.165, 1.54) is 41.5 Å². The summed E-state index contributed by atoms with van der Waals surface area (Å²) in [6.07, 6.45) is 5.58. The number of hydrogen-bond acceptors (Lipinski definition) is 3. The Morgan fingerprint density at radius 1 is 1.20 bits per heavy atom. The van der Waals surface area contributed by atoms with Crippen molar-refractivity contribution in [1.82, 2.24) is 4.98 Å². The summed E-state index contributed by atoms with van der Waals surface area (Å²) in [6.45, 7) is 4.74. The van der Waals surface area contributed by atoms with Crippen molar-refractivity contribution in [3.05, 3.63) is 29.6 Å². The third-order valence-electron chi connectivity index (χ3n) is 3.48. The van der Waals surface area contributed by atoms with Crippen LogP contribution in [0.2, 0.25) is 0 Å². The van der Waals surface area contributed by atoms with Crippen LogP contribution in [-0.2, 0) is 11.5 Å². The van der Waals surface area contributed by atoms with Gasteiger partial charge in [-0.05, 0) is 0 Å². The van der Waals surface area contributed by atoms with Crippen LogP contribution in [0.5, 0.6) is 0 Å². The van der Waals surface area contributed by atoms with Gasteiger partial charge in [-0.25, -0.2) is 0 Å². The molecule has 2 heterocycles. The number of fused-ring (bicyclic) bond motifs is 2. The van der Waals surface area contributed by atoms with E-state index < -0.39 is 0 Å². The molecule has 0 radical (unpaired) electrons. The molecule has 0 spiro atoms. The van der Waals surface area contributed by atoms with Crippen molar-refractivity contribution in [2.24, 2.45) is 0 Å². The van der Waals surface area contributed by atoms with Crippen molar-refractivity contribution in [2.75, 3.05) is 4.43 Å². The average Bonchev–Trinajstić information content (AvgIpc) is 2.47. The number of hydrogen-bond donors (Lipinski definition) is 0. The summed E-state index contributed by atoms with van der Waals surface area (Å²) in [6, 6.07) is 6.57. The minimum atomic E-state index is 0.365. The van der Waals surface area contributed by atoms with Crippen molar-refractivity contribution in [2.45, 2.75) is 59.5 Å². The summed E-state index contributed by atoms with van der Waals surface area (Å²) in [5.41, 5.74) is 2.54. The Morgan fingerprint density at radius 2 is 1.95 bits per heavy atom. The number of rotatable bonds is 1. The van der Waals surface area contributed by atoms with Gasteiger partial charge in [0.25, 0.3) is 0 Å². The third kappa shape index (κ3) is 6.14. The Bertz CT molecular complexity index is 400. The van der Waals surface area contributed by atoms with Crippen molar-refractivity contribution in [3.8, 4) is 0 Å². The summed E-state index contributed by atoms with van der Waals surface area (Å²) in [5, 5.41) is 0.827. The Balaban J connectivity index is 2.01. The standard InChI is InChI=1S/C16H25INS2/c1-3-16-9-4-5-10-17-13(2)19-11-14-7-6-8-15(18-14)12-20-16/h6-8,13,16H,3-5,9-12H2,1-2H3/q-1. The van der Waals surface area contributed by atoms with Crippen LogP contribution in [0.25, 0.3) is 0 Å². The van der Waals surface area contributed by atoms with E-state index >= 15 is 0 Å². The molecule has 4 heteroatoms. The van der Waals surface area contributed by atoms with Crippen LogP contribution < -0.4 is 21.2 Å². The molecule has 0 saturated heterocycles. The molecular weight excluding hydrogens is 397 g/mol. The predicted octanol–water partition coefficient (Wildman–Crippen LogP) is 1.95. The monoisotopic (exact) mass is 422 g/mol. The fourth-order valence-corrected chi connectivity index (χ4v) is 7.78. The molecule has 114 valence electrons. The van der Waals surface area contributed by atoms with Gasteiger partial charge in [0.05, 0.1) is 0 Å². The minimum absolute atomic E-state index is 0.365. The van der Waals surface area contributed by atoms with Crippen LogP contribution in [0.1, 0.15) is 50.9 Å². The second-order valence-electron chi connectivity index (χ2n) is 5.15.